The molecule has 0 spiro atoms. The molecule has 0 unspecified atom stereocenters. The minimum absolute atomic E-state index is 0.110. The maximum Gasteiger partial charge on any atom is 0.274 e. The van der Waals surface area contributed by atoms with Crippen molar-refractivity contribution in [2.45, 2.75) is 13.8 Å². The molecule has 0 fully saturated rings. The lowest BCUT2D eigenvalue weighted by Gasteiger charge is -2.12. The van der Waals surface area contributed by atoms with Crippen LogP contribution in [-0.2, 0) is 0 Å². The van der Waals surface area contributed by atoms with Gasteiger partial charge in [-0.3, -0.25) is 9.78 Å². The van der Waals surface area contributed by atoms with E-state index in [0.29, 0.717) is 5.69 Å². The van der Waals surface area contributed by atoms with Gasteiger partial charge >= 0.3 is 0 Å². The zero-order chi connectivity index (χ0) is 18.7. The van der Waals surface area contributed by atoms with Crippen LogP contribution in [0.2, 0.25) is 0 Å². The Kier molecular flexibility index (Phi) is 4.93. The Balaban J connectivity index is 1.81. The number of para-hydroxylation sites is 1. The topological polar surface area (TPSA) is 54.0 Å². The molecule has 1 amide bonds. The average molecular weight is 353 g/mol. The molecular weight excluding hydrogens is 336 g/mol. The van der Waals surface area contributed by atoms with Crippen LogP contribution >= 0.6 is 0 Å². The molecule has 0 saturated carbocycles. The molecule has 1 heterocycles. The van der Waals surface area contributed by atoms with Gasteiger partial charge in [0.1, 0.15) is 17.3 Å². The van der Waals surface area contributed by atoms with E-state index in [9.17, 15) is 13.6 Å². The maximum absolute atomic E-state index is 13.8. The largest absolute Gasteiger partial charge is 0.353 e. The number of aromatic nitrogens is 1. The predicted molar refractivity (Wildman–Crippen MR) is 97.7 cm³/mol. The summed E-state index contributed by atoms with van der Waals surface area (Å²) in [5, 5.41) is 5.67. The number of halogens is 2. The highest BCUT2D eigenvalue weighted by atomic mass is 19.1. The summed E-state index contributed by atoms with van der Waals surface area (Å²) in [7, 11) is 0. The summed E-state index contributed by atoms with van der Waals surface area (Å²) in [6.45, 7) is 3.82. The van der Waals surface area contributed by atoms with Gasteiger partial charge in [0.2, 0.25) is 0 Å². The summed E-state index contributed by atoms with van der Waals surface area (Å²) in [6.07, 6.45) is 1.45. The average Bonchev–Trinajstić information content (AvgIpc) is 2.61. The van der Waals surface area contributed by atoms with Crippen LogP contribution in [-0.4, -0.2) is 10.9 Å². The van der Waals surface area contributed by atoms with Crippen LogP contribution in [0.4, 0.5) is 25.8 Å². The summed E-state index contributed by atoms with van der Waals surface area (Å²) in [5.41, 5.74) is 3.39. The van der Waals surface area contributed by atoms with Crippen LogP contribution in [0.5, 0.6) is 0 Å². The van der Waals surface area contributed by atoms with Crippen molar-refractivity contribution in [3.05, 3.63) is 83.2 Å². The zero-order valence-corrected chi connectivity index (χ0v) is 14.3. The highest BCUT2D eigenvalue weighted by Gasteiger charge is 2.12. The van der Waals surface area contributed by atoms with E-state index in [1.165, 1.54) is 18.3 Å². The molecule has 2 aromatic carbocycles. The number of nitrogens with zero attached hydrogens (tertiary/aromatic N) is 1. The molecule has 0 aliphatic heterocycles. The zero-order valence-electron chi connectivity index (χ0n) is 14.3. The number of pyridine rings is 1. The summed E-state index contributed by atoms with van der Waals surface area (Å²) in [5.74, 6) is -1.74. The minimum atomic E-state index is -0.719. The van der Waals surface area contributed by atoms with E-state index in [0.717, 1.165) is 28.9 Å². The van der Waals surface area contributed by atoms with Crippen LogP contribution in [0, 0.1) is 25.5 Å². The number of hydrogen-bond donors (Lipinski definition) is 2. The molecule has 0 bridgehead atoms. The standard InChI is InChI=1S/C20H17F2N3O/c1-12-4-3-5-13(2)19(12)25-20(26)18-11-15(8-9-23-18)24-17-7-6-14(21)10-16(17)22/h3-11H,1-2H3,(H,23,24)(H,25,26). The fourth-order valence-electron chi connectivity index (χ4n) is 2.57. The lowest BCUT2D eigenvalue weighted by atomic mass is 10.1. The maximum atomic E-state index is 13.8. The molecule has 0 radical (unpaired) electrons. The molecule has 0 saturated heterocycles. The van der Waals surface area contributed by atoms with E-state index < -0.39 is 11.6 Å². The lowest BCUT2D eigenvalue weighted by Crippen LogP contribution is -2.15. The molecule has 2 N–H and O–H groups in total. The summed E-state index contributed by atoms with van der Waals surface area (Å²) in [6, 6.07) is 12.1. The second kappa shape index (κ2) is 7.31. The second-order valence-electron chi connectivity index (χ2n) is 5.90. The Morgan fingerprint density at radius 2 is 1.73 bits per heavy atom. The molecule has 132 valence electrons. The van der Waals surface area contributed by atoms with Gasteiger partial charge in [-0.15, -0.1) is 0 Å². The Hall–Kier alpha value is -3.28. The summed E-state index contributed by atoms with van der Waals surface area (Å²) in [4.78, 5) is 16.6. The van der Waals surface area contributed by atoms with Gasteiger partial charge in [0.25, 0.3) is 5.91 Å². The van der Waals surface area contributed by atoms with Crippen molar-refractivity contribution in [1.82, 2.24) is 4.98 Å². The normalized spacial score (nSPS) is 10.5. The molecule has 3 aromatic rings. The fourth-order valence-corrected chi connectivity index (χ4v) is 2.57. The van der Waals surface area contributed by atoms with Crippen molar-refractivity contribution >= 4 is 23.0 Å². The number of carbonyl (C=O) groups excluding carboxylic acids is 1. The molecule has 0 aliphatic carbocycles. The van der Waals surface area contributed by atoms with Crippen LogP contribution in [0.1, 0.15) is 21.6 Å². The smallest absolute Gasteiger partial charge is 0.274 e. The highest BCUT2D eigenvalue weighted by Crippen LogP contribution is 2.23. The van der Waals surface area contributed by atoms with Crippen LogP contribution in [0.15, 0.2) is 54.7 Å². The summed E-state index contributed by atoms with van der Waals surface area (Å²) < 4.78 is 26.8. The van der Waals surface area contributed by atoms with Crippen LogP contribution < -0.4 is 10.6 Å². The van der Waals surface area contributed by atoms with E-state index in [2.05, 4.69) is 15.6 Å². The molecular formula is C20H17F2N3O. The van der Waals surface area contributed by atoms with E-state index in [4.69, 9.17) is 0 Å². The first kappa shape index (κ1) is 17.5. The molecule has 6 heteroatoms. The van der Waals surface area contributed by atoms with E-state index in [1.807, 2.05) is 32.0 Å². The third kappa shape index (κ3) is 3.85. The molecule has 0 aliphatic rings. The highest BCUT2D eigenvalue weighted by molar-refractivity contribution is 6.04. The van der Waals surface area contributed by atoms with Gasteiger partial charge in [-0.1, -0.05) is 18.2 Å². The van der Waals surface area contributed by atoms with Gasteiger partial charge < -0.3 is 10.6 Å². The Labute approximate surface area is 149 Å². The first-order valence-electron chi connectivity index (χ1n) is 8.00. The number of amides is 1. The fraction of sp³-hybridized carbons (Fsp3) is 0.100. The number of anilines is 3. The third-order valence-electron chi connectivity index (χ3n) is 3.92. The Morgan fingerprint density at radius 1 is 1.00 bits per heavy atom. The van der Waals surface area contributed by atoms with Gasteiger partial charge in [-0.25, -0.2) is 8.78 Å². The van der Waals surface area contributed by atoms with Crippen molar-refractivity contribution in [1.29, 1.82) is 0 Å². The monoisotopic (exact) mass is 353 g/mol. The van der Waals surface area contributed by atoms with Crippen LogP contribution in [0.3, 0.4) is 0 Å². The SMILES string of the molecule is Cc1cccc(C)c1NC(=O)c1cc(Nc2ccc(F)cc2F)ccn1. The number of hydrogen-bond acceptors (Lipinski definition) is 3. The molecule has 26 heavy (non-hydrogen) atoms. The molecule has 0 atom stereocenters. The molecule has 3 rings (SSSR count). The Bertz CT molecular complexity index is 953. The number of benzene rings is 2. The van der Waals surface area contributed by atoms with Crippen molar-refractivity contribution < 1.29 is 13.6 Å². The van der Waals surface area contributed by atoms with Gasteiger partial charge in [0.05, 0.1) is 5.69 Å². The quantitative estimate of drug-likeness (QED) is 0.696. The van der Waals surface area contributed by atoms with Gasteiger partial charge in [0, 0.05) is 23.6 Å². The first-order chi connectivity index (χ1) is 12.4. The molecule has 4 nitrogen and oxygen atoms in total. The number of carbonyl (C=O) groups is 1. The first-order valence-corrected chi connectivity index (χ1v) is 8.00. The Morgan fingerprint density at radius 3 is 2.42 bits per heavy atom. The number of nitrogens with one attached hydrogen (secondary N) is 2. The van der Waals surface area contributed by atoms with Crippen molar-refractivity contribution in [2.75, 3.05) is 10.6 Å². The number of rotatable bonds is 4. The van der Waals surface area contributed by atoms with E-state index in [-0.39, 0.29) is 17.3 Å². The lowest BCUT2D eigenvalue weighted by molar-refractivity contribution is 0.102. The second-order valence-corrected chi connectivity index (χ2v) is 5.90. The van der Waals surface area contributed by atoms with Crippen LogP contribution in [0.25, 0.3) is 0 Å². The van der Waals surface area contributed by atoms with E-state index >= 15 is 0 Å². The van der Waals surface area contributed by atoms with Gasteiger partial charge in [-0.05, 0) is 49.2 Å². The van der Waals surface area contributed by atoms with Gasteiger partial charge in [0.15, 0.2) is 0 Å². The van der Waals surface area contributed by atoms with Crippen molar-refractivity contribution in [3.8, 4) is 0 Å². The van der Waals surface area contributed by atoms with Crippen molar-refractivity contribution in [3.63, 3.8) is 0 Å². The minimum Gasteiger partial charge on any atom is -0.353 e. The predicted octanol–water partition coefficient (Wildman–Crippen LogP) is 4.97. The van der Waals surface area contributed by atoms with E-state index in [1.54, 1.807) is 6.07 Å². The molecule has 1 aromatic heterocycles. The van der Waals surface area contributed by atoms with Gasteiger partial charge in [-0.2, -0.15) is 0 Å². The number of aryl methyl sites for hydroxylation is 2. The van der Waals surface area contributed by atoms with Crippen molar-refractivity contribution in [2.24, 2.45) is 0 Å². The third-order valence-corrected chi connectivity index (χ3v) is 3.92. The summed E-state index contributed by atoms with van der Waals surface area (Å²) >= 11 is 0.